The summed E-state index contributed by atoms with van der Waals surface area (Å²) in [5, 5.41) is 83.0. The number of carbonyl (C=O) groups is 17. The van der Waals surface area contributed by atoms with E-state index in [-0.39, 0.29) is 88.7 Å². The molecule has 15 atom stereocenters. The Hall–Kier alpha value is -13.3. The summed E-state index contributed by atoms with van der Waals surface area (Å²) in [6.45, 7) is 1.61. The average Bonchev–Trinajstić information content (AvgIpc) is 1.69. The fourth-order valence-electron chi connectivity index (χ4n) is 16.4. The second kappa shape index (κ2) is 50.7. The van der Waals surface area contributed by atoms with Crippen molar-refractivity contribution in [2.75, 3.05) is 72.0 Å². The molecule has 17 amide bonds. The molecule has 44 nitrogen and oxygen atoms in total. The number of nitrogens with two attached hydrogens (primary N) is 3. The molecule has 0 aliphatic carbocycles. The third-order valence-corrected chi connectivity index (χ3v) is 26.0. The number of hydrogen-bond donors (Lipinski definition) is 21. The summed E-state index contributed by atoms with van der Waals surface area (Å²) in [6, 6.07) is -2.71. The van der Waals surface area contributed by atoms with Crippen LogP contribution in [0.25, 0.3) is 21.0 Å². The summed E-state index contributed by atoms with van der Waals surface area (Å²) in [5.41, 5.74) is 19.0. The third-order valence-electron chi connectivity index (χ3n) is 23.9. The first-order valence-electron chi connectivity index (χ1n) is 44.7. The quantitative estimate of drug-likeness (QED) is 0.0140. The number of nitrogens with zero attached hydrogens (tertiary/aromatic N) is 6. The number of H-pyrrole nitrogens is 2. The van der Waals surface area contributed by atoms with Crippen molar-refractivity contribution < 1.29 is 102 Å². The van der Waals surface area contributed by atoms with E-state index in [1.54, 1.807) is 54.0 Å². The number of amides is 17. The van der Waals surface area contributed by atoms with Crippen LogP contribution in [0.1, 0.15) is 127 Å². The highest BCUT2D eigenvalue weighted by molar-refractivity contribution is 8.00. The molecule has 6 aromatic rings. The highest BCUT2D eigenvalue weighted by atomic mass is 32.2. The van der Waals surface area contributed by atoms with E-state index in [1.165, 1.54) is 76.2 Å². The Labute approximate surface area is 786 Å². The number of aromatic hydroxyl groups is 1. The number of aliphatic hydroxyl groups excluding tert-OH is 3. The van der Waals surface area contributed by atoms with Crippen LogP contribution in [0.5, 0.6) is 5.75 Å². The number of phenolic OH excluding ortho intramolecular Hbond substituents is 1. The molecule has 46 heteroatoms. The second-order valence-electron chi connectivity index (χ2n) is 33.8. The molecule has 0 radical (unpaired) electrons. The molecule has 732 valence electrons. The van der Waals surface area contributed by atoms with E-state index < -0.39 is 254 Å². The zero-order chi connectivity index (χ0) is 98.4. The topological polar surface area (TPSA) is 666 Å². The maximum absolute atomic E-state index is 15.7. The lowest BCUT2D eigenvalue weighted by atomic mass is 10.00. The molecule has 1 unspecified atom stereocenters. The third kappa shape index (κ3) is 29.3. The van der Waals surface area contributed by atoms with Gasteiger partial charge in [0.05, 0.1) is 37.8 Å². The number of rotatable bonds is 26. The first kappa shape index (κ1) is 105. The van der Waals surface area contributed by atoms with Gasteiger partial charge in [0.1, 0.15) is 90.3 Å². The van der Waals surface area contributed by atoms with Crippen molar-refractivity contribution in [1.82, 2.24) is 97.9 Å². The van der Waals surface area contributed by atoms with Crippen molar-refractivity contribution in [2.24, 2.45) is 17.2 Å². The minimum absolute atomic E-state index is 0.0141. The Morgan fingerprint density at radius 3 is 1.80 bits per heavy atom. The molecule has 24 N–H and O–H groups in total. The van der Waals surface area contributed by atoms with E-state index >= 15 is 33.6 Å². The molecule has 3 aliphatic rings. The molecule has 3 aromatic heterocycles. The largest absolute Gasteiger partial charge is 0.508 e. The van der Waals surface area contributed by atoms with Crippen molar-refractivity contribution >= 4 is 150 Å². The number of aromatic nitrogens is 3. The molecular weight excluding hydrogens is 1790 g/mol. The molecule has 6 heterocycles. The van der Waals surface area contributed by atoms with Gasteiger partial charge in [-0.15, -0.1) is 23.1 Å². The number of imidazole rings is 1. The number of benzene rings is 3. The lowest BCUT2D eigenvalue weighted by Crippen LogP contribution is -2.62. The van der Waals surface area contributed by atoms with Gasteiger partial charge in [0.2, 0.25) is 100 Å². The van der Waals surface area contributed by atoms with Crippen LogP contribution in [-0.2, 0) is 107 Å². The Balaban J connectivity index is 1.10. The number of fused-ring (bicyclic) bond motifs is 4. The molecule has 0 spiro atoms. The zero-order valence-corrected chi connectivity index (χ0v) is 77.7. The summed E-state index contributed by atoms with van der Waals surface area (Å²) in [5.74, 6) is -18.2. The van der Waals surface area contributed by atoms with Gasteiger partial charge in [-0.2, -0.15) is 0 Å². The van der Waals surface area contributed by atoms with Crippen molar-refractivity contribution in [3.05, 3.63) is 119 Å². The van der Waals surface area contributed by atoms with E-state index in [0.29, 0.717) is 58.7 Å². The van der Waals surface area contributed by atoms with Gasteiger partial charge in [-0.25, -0.2) is 4.98 Å². The standard InChI is InChI=1S/C89H123N23O21S2/c1-7-9-21-67-81(126)100-58(20-15-30-95-89(92)93)77(122)107-66(76(121)97-41-73(91)118)45-134-46-74(119)99-62(33-49-25-27-53(115)28-26-49)84(129)108(4)48(3)75(120)104-64(38-72(90)117)87(132)111-31-16-23-68(111)82(127)103-61(36-52-40-94-47-98-52)79(124)101-59(29-32-113)86(131)112-42-54(116)37-70(112)83(128)102-60(34-50-39-96-57-19-13-11-17-55(50)57)78(123)106-65(43-114)80(125)105-63(35-51-44-135-71-24-14-12-18-56(51)71)85(130)110(6)69(22-10-8-2)88(133)109(67)5/h11-14,17-19,24-28,39-40,44,47-48,54,58-70,96,113-116H,7-10,15-16,20-23,29-38,41-43,45-46H2,1-6H3,(H2,90,117)(H2,91,118)(H,94,98)(H,97,121)(H,99,119)(H,100,126)(H,101,124)(H,102,128)(H,103,127)(H,104,120)(H,105,125)(H,106,123)(H,107,122)(H4,92,93,95)/t48-,54+,58-,59-,60-,61-,62-,63-,64-,65-,66?,67-,68-,69-,70-/m0/s1. The minimum atomic E-state index is -1.91. The van der Waals surface area contributed by atoms with Crippen LogP contribution in [0.2, 0.25) is 0 Å². The fraction of sp³-hybridized carbons (Fsp3) is 0.517. The van der Waals surface area contributed by atoms with E-state index in [1.807, 2.05) is 19.9 Å². The SMILES string of the molecule is CCCC[C@H]1C(=O)N(C)[C@@H](CCCC)C(=O)N[C@@H](CCCNC(=N)N)C(=O)NC(C(=O)NCC(N)=O)CSCC(=O)N[C@@H](Cc2ccc(O)cc2)C(=O)N(C)[C@@H](C)C(=O)N[C@@H](CC(N)=O)C(=O)N2CCC[C@H]2C(=O)N[C@@H](Cc2cnc[nH]2)C(=O)N[C@@H](CCO)C(=O)N2C[C@H](O)C[C@H]2C(=O)N[C@@H](Cc2c[nH]c3ccccc23)C(=O)N[C@@H](CO)C(=O)N[C@@H](Cc2csc3ccccc23)C(=O)N1C. The molecule has 3 aromatic carbocycles. The van der Waals surface area contributed by atoms with Gasteiger partial charge in [0.15, 0.2) is 5.96 Å². The first-order valence-corrected chi connectivity index (χ1v) is 46.8. The number of thiophene rings is 1. The van der Waals surface area contributed by atoms with Crippen LogP contribution in [0.15, 0.2) is 96.9 Å². The molecule has 3 fully saturated rings. The van der Waals surface area contributed by atoms with Gasteiger partial charge in [0, 0.05) is 119 Å². The van der Waals surface area contributed by atoms with E-state index in [4.69, 9.17) is 22.6 Å². The van der Waals surface area contributed by atoms with Crippen molar-refractivity contribution in [2.45, 2.75) is 221 Å². The van der Waals surface area contributed by atoms with Crippen LogP contribution >= 0.6 is 23.1 Å². The van der Waals surface area contributed by atoms with E-state index in [2.05, 4.69) is 73.4 Å². The monoisotopic (exact) mass is 1910 g/mol. The number of phenols is 1. The number of carbonyl (C=O) groups excluding carboxylic acids is 17. The average molecular weight is 1920 g/mol. The molecule has 0 saturated carbocycles. The van der Waals surface area contributed by atoms with Crippen molar-refractivity contribution in [1.29, 1.82) is 5.41 Å². The number of nitrogens with one attached hydrogen (secondary N) is 14. The second-order valence-corrected chi connectivity index (χ2v) is 35.7. The van der Waals surface area contributed by atoms with Gasteiger partial charge in [-0.1, -0.05) is 88.1 Å². The van der Waals surface area contributed by atoms with Crippen LogP contribution < -0.4 is 75.7 Å². The number of hydrogen-bond acceptors (Lipinski definition) is 25. The van der Waals surface area contributed by atoms with Crippen LogP contribution in [0.4, 0.5) is 0 Å². The zero-order valence-electron chi connectivity index (χ0n) is 76.0. The minimum Gasteiger partial charge on any atom is -0.508 e. The fourth-order valence-corrected chi connectivity index (χ4v) is 18.2. The summed E-state index contributed by atoms with van der Waals surface area (Å²) < 4.78 is 0.802. The molecule has 135 heavy (non-hydrogen) atoms. The number of thioether (sulfide) groups is 1. The molecule has 3 aliphatic heterocycles. The number of aromatic amines is 2. The van der Waals surface area contributed by atoms with Gasteiger partial charge in [-0.05, 0) is 104 Å². The van der Waals surface area contributed by atoms with Crippen LogP contribution in [-0.4, -0.2) is 329 Å². The normalized spacial score (nSPS) is 24.7. The Bertz CT molecular complexity index is 5210. The predicted octanol–water partition coefficient (Wildman–Crippen LogP) is -3.86. The lowest BCUT2D eigenvalue weighted by molar-refractivity contribution is -0.149. The molecule has 9 rings (SSSR count). The van der Waals surface area contributed by atoms with Gasteiger partial charge < -0.3 is 131 Å². The number of aliphatic hydroxyl groups is 3. The number of para-hydroxylation sites is 1. The van der Waals surface area contributed by atoms with Crippen LogP contribution in [0, 0.1) is 5.41 Å². The first-order chi connectivity index (χ1) is 64.4. The molecule has 0 bridgehead atoms. The number of primary amides is 2. The highest BCUT2D eigenvalue weighted by Gasteiger charge is 2.47. The molecular formula is C89H123N23O21S2. The van der Waals surface area contributed by atoms with Gasteiger partial charge in [0.25, 0.3) is 0 Å². The van der Waals surface area contributed by atoms with Gasteiger partial charge in [-0.3, -0.25) is 86.9 Å². The number of guanidine groups is 1. The number of unbranched alkanes of at least 4 members (excludes halogenated alkanes) is 2. The van der Waals surface area contributed by atoms with Gasteiger partial charge >= 0.3 is 0 Å². The van der Waals surface area contributed by atoms with Crippen molar-refractivity contribution in [3.63, 3.8) is 0 Å². The maximum atomic E-state index is 15.7. The van der Waals surface area contributed by atoms with E-state index in [0.717, 1.165) is 41.0 Å². The Morgan fingerprint density at radius 1 is 0.556 bits per heavy atom. The smallest absolute Gasteiger partial charge is 0.246 e. The Morgan fingerprint density at radius 2 is 1.14 bits per heavy atom. The summed E-state index contributed by atoms with van der Waals surface area (Å²) >= 11 is 2.09. The molecule has 3 saturated heterocycles. The predicted molar refractivity (Wildman–Crippen MR) is 496 cm³/mol. The van der Waals surface area contributed by atoms with E-state index in [9.17, 15) is 68.4 Å². The highest BCUT2D eigenvalue weighted by Crippen LogP contribution is 2.30. The summed E-state index contributed by atoms with van der Waals surface area (Å²) in [6.07, 6.45) is 1.23. The summed E-state index contributed by atoms with van der Waals surface area (Å²) in [4.78, 5) is 265. The lowest BCUT2D eigenvalue weighted by Gasteiger charge is -2.36. The van der Waals surface area contributed by atoms with Crippen molar-refractivity contribution in [3.8, 4) is 5.75 Å². The Kier molecular flexibility index (Phi) is 39.5. The summed E-state index contributed by atoms with van der Waals surface area (Å²) in [7, 11) is 3.88. The van der Waals surface area contributed by atoms with Crippen LogP contribution in [0.3, 0.4) is 0 Å². The maximum Gasteiger partial charge on any atom is 0.246 e. The number of likely N-dealkylation sites (N-methyl/N-ethyl adjacent to an activating group) is 3.